The number of carboxylic acids is 1. The van der Waals surface area contributed by atoms with Crippen LogP contribution in [0.15, 0.2) is 77.7 Å². The molecule has 1 saturated heterocycles. The predicted octanol–water partition coefficient (Wildman–Crippen LogP) is 6.39. The number of aliphatic hydroxyl groups excluding tert-OH is 1. The van der Waals surface area contributed by atoms with Crippen molar-refractivity contribution < 1.29 is 37.7 Å². The average molecular weight is 612 g/mol. The molecule has 10 heteroatoms. The van der Waals surface area contributed by atoms with Crippen molar-refractivity contribution in [1.82, 2.24) is 4.90 Å². The number of aliphatic hydroxyl groups is 1. The van der Waals surface area contributed by atoms with E-state index in [-0.39, 0.29) is 29.4 Å². The van der Waals surface area contributed by atoms with E-state index in [1.807, 2.05) is 30.3 Å². The molecular formula is C33H32F3NO5S. The van der Waals surface area contributed by atoms with Crippen LogP contribution in [0, 0.1) is 18.8 Å². The summed E-state index contributed by atoms with van der Waals surface area (Å²) in [6, 6.07) is 18.9. The number of alkyl halides is 3. The van der Waals surface area contributed by atoms with Crippen molar-refractivity contribution in [2.24, 2.45) is 0 Å². The van der Waals surface area contributed by atoms with Crippen molar-refractivity contribution in [2.45, 2.75) is 36.3 Å². The van der Waals surface area contributed by atoms with Crippen molar-refractivity contribution >= 4 is 23.3 Å². The molecule has 0 saturated carbocycles. The molecule has 3 aromatic carbocycles. The zero-order valence-corrected chi connectivity index (χ0v) is 24.4. The van der Waals surface area contributed by atoms with Gasteiger partial charge in [-0.15, -0.1) is 0 Å². The molecule has 2 N–H and O–H groups in total. The average Bonchev–Trinajstić information content (AvgIpc) is 2.96. The van der Waals surface area contributed by atoms with Gasteiger partial charge in [0, 0.05) is 23.5 Å². The molecule has 0 spiro atoms. The van der Waals surface area contributed by atoms with Crippen molar-refractivity contribution in [3.8, 4) is 23.3 Å². The van der Waals surface area contributed by atoms with E-state index >= 15 is 0 Å². The number of piperidine rings is 1. The number of rotatable bonds is 10. The van der Waals surface area contributed by atoms with Crippen molar-refractivity contribution in [3.63, 3.8) is 0 Å². The monoisotopic (exact) mass is 611 g/mol. The molecule has 0 unspecified atom stereocenters. The molecule has 0 amide bonds. The van der Waals surface area contributed by atoms with E-state index in [1.165, 1.54) is 12.1 Å². The molecule has 6 nitrogen and oxygen atoms in total. The minimum atomic E-state index is -4.37. The molecule has 0 aliphatic carbocycles. The van der Waals surface area contributed by atoms with Crippen LogP contribution in [0.1, 0.15) is 35.1 Å². The van der Waals surface area contributed by atoms with Crippen LogP contribution in [0.3, 0.4) is 0 Å². The number of benzene rings is 3. The quantitative estimate of drug-likeness (QED) is 0.203. The first kappa shape index (κ1) is 32.0. The SMILES string of the molecule is Cc1cc(OC/C=C(\c2ccc(C#CCN3CCC(O)CC3)cc2)c2ccc(SC(F)(F)F)cc2)ccc1OCC(=O)O. The van der Waals surface area contributed by atoms with E-state index < -0.39 is 18.1 Å². The number of likely N-dealkylation sites (tertiary alicyclic amines) is 1. The van der Waals surface area contributed by atoms with Crippen molar-refractivity contribution in [2.75, 3.05) is 32.8 Å². The topological polar surface area (TPSA) is 79.2 Å². The Morgan fingerprint density at radius 2 is 1.67 bits per heavy atom. The summed E-state index contributed by atoms with van der Waals surface area (Å²) < 4.78 is 49.7. The lowest BCUT2D eigenvalue weighted by atomic mass is 9.97. The van der Waals surface area contributed by atoms with Gasteiger partial charge in [-0.3, -0.25) is 4.90 Å². The minimum Gasteiger partial charge on any atom is -0.489 e. The zero-order chi connectivity index (χ0) is 30.8. The summed E-state index contributed by atoms with van der Waals surface area (Å²) in [4.78, 5) is 13.1. The summed E-state index contributed by atoms with van der Waals surface area (Å²) in [5, 5.41) is 18.5. The summed E-state index contributed by atoms with van der Waals surface area (Å²) in [6.45, 7) is 3.80. The molecule has 4 rings (SSSR count). The maximum atomic E-state index is 12.8. The summed E-state index contributed by atoms with van der Waals surface area (Å²) in [5.74, 6) is 6.30. The Balaban J connectivity index is 1.49. The number of ether oxygens (including phenoxy) is 2. The van der Waals surface area contributed by atoms with Gasteiger partial charge in [0.2, 0.25) is 0 Å². The Bertz CT molecular complexity index is 1470. The van der Waals surface area contributed by atoms with Crippen LogP contribution in [0.2, 0.25) is 0 Å². The largest absolute Gasteiger partial charge is 0.489 e. The van der Waals surface area contributed by atoms with Gasteiger partial charge in [0.1, 0.15) is 18.1 Å². The maximum Gasteiger partial charge on any atom is 0.446 e. The van der Waals surface area contributed by atoms with Crippen molar-refractivity contribution in [3.05, 3.63) is 95.1 Å². The summed E-state index contributed by atoms with van der Waals surface area (Å²) in [5.41, 5.74) is -0.442. The van der Waals surface area contributed by atoms with Crippen LogP contribution >= 0.6 is 11.8 Å². The maximum absolute atomic E-state index is 12.8. The van der Waals surface area contributed by atoms with Crippen LogP contribution in [0.5, 0.6) is 11.5 Å². The third kappa shape index (κ3) is 10.4. The Labute approximate surface area is 253 Å². The van der Waals surface area contributed by atoms with Crippen LogP contribution in [0.25, 0.3) is 5.57 Å². The lowest BCUT2D eigenvalue weighted by Crippen LogP contribution is -2.35. The van der Waals surface area contributed by atoms with Gasteiger partial charge in [-0.05, 0) is 102 Å². The number of carbonyl (C=O) groups is 1. The number of aliphatic carboxylic acids is 1. The van der Waals surface area contributed by atoms with Gasteiger partial charge in [-0.1, -0.05) is 36.1 Å². The lowest BCUT2D eigenvalue weighted by Gasteiger charge is -2.27. The smallest absolute Gasteiger partial charge is 0.446 e. The first-order chi connectivity index (χ1) is 20.6. The standard InChI is InChI=1S/C33H32F3NO5S/c1-23-21-28(10-13-31(23)42-22-32(39)40)41-20-16-30(26-8-11-29(12-9-26)43-33(34,35)36)25-6-4-24(5-7-25)3-2-17-37-18-14-27(38)15-19-37/h4-13,16,21,27,38H,14-15,17-20,22H2,1H3,(H,39,40)/b30-16+. The number of aryl methyl sites for hydroxylation is 1. The Morgan fingerprint density at radius 1 is 1.02 bits per heavy atom. The van der Waals surface area contributed by atoms with Gasteiger partial charge in [-0.25, -0.2) is 4.79 Å². The number of hydrogen-bond acceptors (Lipinski definition) is 6. The number of nitrogens with zero attached hydrogens (tertiary/aromatic N) is 1. The third-order valence-corrected chi connectivity index (χ3v) is 7.46. The van der Waals surface area contributed by atoms with E-state index in [4.69, 9.17) is 14.6 Å². The Morgan fingerprint density at radius 3 is 2.28 bits per heavy atom. The number of halogens is 3. The second-order valence-corrected chi connectivity index (χ2v) is 11.1. The van der Waals surface area contributed by atoms with Gasteiger partial charge < -0.3 is 19.7 Å². The molecule has 226 valence electrons. The van der Waals surface area contributed by atoms with Crippen LogP contribution in [0.4, 0.5) is 13.2 Å². The molecular weight excluding hydrogens is 579 g/mol. The highest BCUT2D eigenvalue weighted by Gasteiger charge is 2.29. The molecule has 1 aliphatic rings. The summed E-state index contributed by atoms with van der Waals surface area (Å²) >= 11 is -0.159. The van der Waals surface area contributed by atoms with Crippen molar-refractivity contribution in [1.29, 1.82) is 0 Å². The molecule has 43 heavy (non-hydrogen) atoms. The minimum absolute atomic E-state index is 0.0985. The van der Waals surface area contributed by atoms with Crippen LogP contribution < -0.4 is 9.47 Å². The van der Waals surface area contributed by atoms with Gasteiger partial charge in [-0.2, -0.15) is 13.2 Å². The Kier molecular flexibility index (Phi) is 11.2. The molecule has 0 aromatic heterocycles. The molecule has 0 radical (unpaired) electrons. The number of carboxylic acid groups (broad SMARTS) is 1. The van der Waals surface area contributed by atoms with Gasteiger partial charge in [0.05, 0.1) is 12.6 Å². The Hall–Kier alpha value is -3.91. The normalized spacial score (nSPS) is 14.6. The van der Waals surface area contributed by atoms with Crippen LogP contribution in [-0.4, -0.2) is 65.5 Å². The van der Waals surface area contributed by atoms with Gasteiger partial charge >= 0.3 is 11.5 Å². The fourth-order valence-corrected chi connectivity index (χ4v) is 5.08. The molecule has 1 fully saturated rings. The third-order valence-electron chi connectivity index (χ3n) is 6.72. The van der Waals surface area contributed by atoms with E-state index in [0.717, 1.165) is 53.8 Å². The number of hydrogen-bond donors (Lipinski definition) is 2. The van der Waals surface area contributed by atoms with Gasteiger partial charge in [0.25, 0.3) is 0 Å². The van der Waals surface area contributed by atoms with Gasteiger partial charge in [0.15, 0.2) is 6.61 Å². The van der Waals surface area contributed by atoms with Crippen LogP contribution in [-0.2, 0) is 4.79 Å². The summed E-state index contributed by atoms with van der Waals surface area (Å²) in [7, 11) is 0. The predicted molar refractivity (Wildman–Crippen MR) is 160 cm³/mol. The molecule has 0 atom stereocenters. The first-order valence-corrected chi connectivity index (χ1v) is 14.5. The highest BCUT2D eigenvalue weighted by atomic mass is 32.2. The number of thioether (sulfide) groups is 1. The molecule has 1 aliphatic heterocycles. The molecule has 3 aromatic rings. The van der Waals surface area contributed by atoms with E-state index in [1.54, 1.807) is 37.3 Å². The first-order valence-electron chi connectivity index (χ1n) is 13.7. The summed E-state index contributed by atoms with van der Waals surface area (Å²) in [6.07, 6.45) is 3.16. The molecule has 0 bridgehead atoms. The highest BCUT2D eigenvalue weighted by molar-refractivity contribution is 8.00. The van der Waals surface area contributed by atoms with E-state index in [2.05, 4.69) is 16.7 Å². The lowest BCUT2D eigenvalue weighted by molar-refractivity contribution is -0.139. The highest BCUT2D eigenvalue weighted by Crippen LogP contribution is 2.37. The fourth-order valence-electron chi connectivity index (χ4n) is 4.54. The second kappa shape index (κ2) is 15.0. The fraction of sp³-hybridized carbons (Fsp3) is 0.303. The zero-order valence-electron chi connectivity index (χ0n) is 23.6. The molecule has 1 heterocycles. The van der Waals surface area contributed by atoms with E-state index in [9.17, 15) is 23.1 Å². The second-order valence-electron chi connectivity index (χ2n) is 10.00. The van der Waals surface area contributed by atoms with E-state index in [0.29, 0.717) is 18.0 Å².